The zero-order chi connectivity index (χ0) is 18.4. The first-order valence-electron chi connectivity index (χ1n) is 7.86. The van der Waals surface area contributed by atoms with Crippen LogP contribution in [0.15, 0.2) is 60.0 Å². The number of carbonyl (C=O) groups excluding carboxylic acids is 2. The Morgan fingerprint density at radius 3 is 2.31 bits per heavy atom. The zero-order valence-electron chi connectivity index (χ0n) is 14.0. The second-order valence-electron chi connectivity index (χ2n) is 5.52. The van der Waals surface area contributed by atoms with Gasteiger partial charge in [0.05, 0.1) is 5.75 Å². The molecule has 0 fully saturated rings. The largest absolute Gasteiger partial charge is 0.325 e. The van der Waals surface area contributed by atoms with Gasteiger partial charge >= 0.3 is 0 Å². The number of rotatable bonds is 6. The van der Waals surface area contributed by atoms with E-state index in [1.54, 1.807) is 24.3 Å². The average Bonchev–Trinajstić information content (AvgIpc) is 3.16. The predicted octanol–water partition coefficient (Wildman–Crippen LogP) is 3.10. The summed E-state index contributed by atoms with van der Waals surface area (Å²) in [6, 6.07) is 14.3. The number of aromatic nitrogens is 3. The molecule has 132 valence electrons. The summed E-state index contributed by atoms with van der Waals surface area (Å²) in [5.74, 6) is -0.152. The molecule has 0 bridgehead atoms. The van der Waals surface area contributed by atoms with E-state index in [4.69, 9.17) is 0 Å². The molecule has 2 amide bonds. The number of hydrogen-bond acceptors (Lipinski definition) is 5. The molecule has 3 aromatic rings. The normalized spacial score (nSPS) is 10.3. The quantitative estimate of drug-likeness (QED) is 0.581. The number of thioether (sulfide) groups is 1. The van der Waals surface area contributed by atoms with Gasteiger partial charge in [-0.3, -0.25) is 14.7 Å². The van der Waals surface area contributed by atoms with Crippen LogP contribution >= 0.6 is 11.8 Å². The standard InChI is InChI=1S/C18H17N5O2S/c1-12-2-6-15(7-3-12)22-17(25)13-4-8-14(9-5-13)21-16(24)10-26-18-19-11-20-23-18/h2-9,11H,10H2,1H3,(H,21,24)(H,22,25)(H,19,20,23). The van der Waals surface area contributed by atoms with Gasteiger partial charge in [-0.05, 0) is 43.3 Å². The number of amides is 2. The van der Waals surface area contributed by atoms with Gasteiger partial charge in [-0.15, -0.1) is 0 Å². The molecule has 26 heavy (non-hydrogen) atoms. The molecule has 7 nitrogen and oxygen atoms in total. The van der Waals surface area contributed by atoms with Crippen LogP contribution in [0.2, 0.25) is 0 Å². The Hall–Kier alpha value is -3.13. The Morgan fingerprint density at radius 2 is 1.65 bits per heavy atom. The van der Waals surface area contributed by atoms with Gasteiger partial charge in [-0.25, -0.2) is 4.98 Å². The number of aryl methyl sites for hydroxylation is 1. The molecule has 0 saturated heterocycles. The lowest BCUT2D eigenvalue weighted by molar-refractivity contribution is -0.113. The van der Waals surface area contributed by atoms with Gasteiger partial charge in [-0.2, -0.15) is 5.10 Å². The Bertz CT molecular complexity index is 877. The highest BCUT2D eigenvalue weighted by Gasteiger charge is 2.08. The summed E-state index contributed by atoms with van der Waals surface area (Å²) in [4.78, 5) is 28.1. The molecule has 1 heterocycles. The topological polar surface area (TPSA) is 99.8 Å². The second kappa shape index (κ2) is 8.30. The first kappa shape index (κ1) is 17.7. The van der Waals surface area contributed by atoms with E-state index >= 15 is 0 Å². The van der Waals surface area contributed by atoms with E-state index in [9.17, 15) is 9.59 Å². The van der Waals surface area contributed by atoms with E-state index in [0.29, 0.717) is 16.4 Å². The van der Waals surface area contributed by atoms with Crippen molar-refractivity contribution in [2.75, 3.05) is 16.4 Å². The smallest absolute Gasteiger partial charge is 0.255 e. The van der Waals surface area contributed by atoms with E-state index in [0.717, 1.165) is 11.3 Å². The number of nitrogens with zero attached hydrogens (tertiary/aromatic N) is 2. The van der Waals surface area contributed by atoms with Crippen LogP contribution in [0.4, 0.5) is 11.4 Å². The molecule has 8 heteroatoms. The molecule has 0 aliphatic carbocycles. The van der Waals surface area contributed by atoms with Crippen molar-refractivity contribution in [1.29, 1.82) is 0 Å². The lowest BCUT2D eigenvalue weighted by atomic mass is 10.1. The van der Waals surface area contributed by atoms with Crippen molar-refractivity contribution in [1.82, 2.24) is 15.2 Å². The minimum absolute atomic E-state index is 0.164. The first-order valence-corrected chi connectivity index (χ1v) is 8.85. The molecule has 1 aromatic heterocycles. The van der Waals surface area contributed by atoms with Crippen LogP contribution in [0.3, 0.4) is 0 Å². The predicted molar refractivity (Wildman–Crippen MR) is 101 cm³/mol. The van der Waals surface area contributed by atoms with E-state index in [1.807, 2.05) is 31.2 Å². The van der Waals surface area contributed by atoms with Crippen LogP contribution in [0.5, 0.6) is 0 Å². The average molecular weight is 367 g/mol. The van der Waals surface area contributed by atoms with Crippen molar-refractivity contribution in [3.05, 3.63) is 66.0 Å². The molecular weight excluding hydrogens is 350 g/mol. The van der Waals surface area contributed by atoms with Crippen molar-refractivity contribution in [2.24, 2.45) is 0 Å². The fraction of sp³-hybridized carbons (Fsp3) is 0.111. The van der Waals surface area contributed by atoms with E-state index in [1.165, 1.54) is 18.1 Å². The zero-order valence-corrected chi connectivity index (χ0v) is 14.8. The first-order chi connectivity index (χ1) is 12.6. The van der Waals surface area contributed by atoms with Gasteiger partial charge in [0, 0.05) is 16.9 Å². The Morgan fingerprint density at radius 1 is 1.00 bits per heavy atom. The van der Waals surface area contributed by atoms with Crippen LogP contribution < -0.4 is 10.6 Å². The number of H-pyrrole nitrogens is 1. The van der Waals surface area contributed by atoms with Crippen LogP contribution in [0.25, 0.3) is 0 Å². The number of benzene rings is 2. The maximum absolute atomic E-state index is 12.2. The highest BCUT2D eigenvalue weighted by molar-refractivity contribution is 7.99. The number of anilines is 2. The Balaban J connectivity index is 1.53. The lowest BCUT2D eigenvalue weighted by Gasteiger charge is -2.07. The minimum Gasteiger partial charge on any atom is -0.325 e. The molecule has 0 spiro atoms. The van der Waals surface area contributed by atoms with Crippen molar-refractivity contribution >= 4 is 35.0 Å². The van der Waals surface area contributed by atoms with E-state index in [2.05, 4.69) is 25.8 Å². The minimum atomic E-state index is -0.201. The molecule has 0 atom stereocenters. The Labute approximate surface area is 154 Å². The third-order valence-electron chi connectivity index (χ3n) is 3.47. The van der Waals surface area contributed by atoms with E-state index < -0.39 is 0 Å². The number of carbonyl (C=O) groups is 2. The lowest BCUT2D eigenvalue weighted by Crippen LogP contribution is -2.15. The van der Waals surface area contributed by atoms with Gasteiger partial charge in [0.1, 0.15) is 6.33 Å². The van der Waals surface area contributed by atoms with Crippen LogP contribution in [-0.2, 0) is 4.79 Å². The summed E-state index contributed by atoms with van der Waals surface area (Å²) >= 11 is 1.26. The molecule has 3 N–H and O–H groups in total. The SMILES string of the molecule is Cc1ccc(NC(=O)c2ccc(NC(=O)CSc3ncn[nH]3)cc2)cc1. The summed E-state index contributed by atoms with van der Waals surface area (Å²) < 4.78 is 0. The van der Waals surface area contributed by atoms with E-state index in [-0.39, 0.29) is 17.6 Å². The summed E-state index contributed by atoms with van der Waals surface area (Å²) in [5, 5.41) is 12.6. The third-order valence-corrected chi connectivity index (χ3v) is 4.35. The number of nitrogens with one attached hydrogen (secondary N) is 3. The molecule has 2 aromatic carbocycles. The summed E-state index contributed by atoms with van der Waals surface area (Å²) in [6.45, 7) is 1.99. The third kappa shape index (κ3) is 4.93. The summed E-state index contributed by atoms with van der Waals surface area (Å²) in [6.07, 6.45) is 1.39. The highest BCUT2D eigenvalue weighted by Crippen LogP contribution is 2.15. The second-order valence-corrected chi connectivity index (χ2v) is 6.49. The van der Waals surface area contributed by atoms with Crippen molar-refractivity contribution in [2.45, 2.75) is 12.1 Å². The molecule has 0 radical (unpaired) electrons. The highest BCUT2D eigenvalue weighted by atomic mass is 32.2. The van der Waals surface area contributed by atoms with Gasteiger partial charge in [0.25, 0.3) is 5.91 Å². The van der Waals surface area contributed by atoms with Crippen LogP contribution in [0, 0.1) is 6.92 Å². The van der Waals surface area contributed by atoms with Crippen molar-refractivity contribution in [3.8, 4) is 0 Å². The fourth-order valence-corrected chi connectivity index (χ4v) is 2.72. The number of hydrogen-bond donors (Lipinski definition) is 3. The van der Waals surface area contributed by atoms with Gasteiger partial charge < -0.3 is 10.6 Å². The van der Waals surface area contributed by atoms with Crippen LogP contribution in [-0.4, -0.2) is 32.7 Å². The van der Waals surface area contributed by atoms with Gasteiger partial charge in [0.15, 0.2) is 5.16 Å². The summed E-state index contributed by atoms with van der Waals surface area (Å²) in [7, 11) is 0. The fourth-order valence-electron chi connectivity index (χ4n) is 2.14. The van der Waals surface area contributed by atoms with Gasteiger partial charge in [0.2, 0.25) is 5.91 Å². The maximum atomic E-state index is 12.2. The van der Waals surface area contributed by atoms with Crippen LogP contribution in [0.1, 0.15) is 15.9 Å². The Kier molecular flexibility index (Phi) is 5.65. The molecule has 0 saturated carbocycles. The maximum Gasteiger partial charge on any atom is 0.255 e. The van der Waals surface area contributed by atoms with Gasteiger partial charge in [-0.1, -0.05) is 29.5 Å². The molecule has 0 aliphatic heterocycles. The monoisotopic (exact) mass is 367 g/mol. The van der Waals surface area contributed by atoms with Crippen molar-refractivity contribution in [3.63, 3.8) is 0 Å². The molecule has 3 rings (SSSR count). The number of aromatic amines is 1. The molecular formula is C18H17N5O2S. The molecule has 0 aliphatic rings. The summed E-state index contributed by atoms with van der Waals surface area (Å²) in [5.41, 5.74) is 3.01. The molecule has 0 unspecified atom stereocenters. The van der Waals surface area contributed by atoms with Crippen molar-refractivity contribution < 1.29 is 9.59 Å².